The van der Waals surface area contributed by atoms with Crippen molar-refractivity contribution in [3.63, 3.8) is 0 Å². The third kappa shape index (κ3) is 5.11. The number of benzene rings is 2. The average Bonchev–Trinajstić information content (AvgIpc) is 2.75. The Labute approximate surface area is 173 Å². The average molecular weight is 396 g/mol. The van der Waals surface area contributed by atoms with Gasteiger partial charge in [0.25, 0.3) is 0 Å². The molecule has 4 nitrogen and oxygen atoms in total. The Bertz CT molecular complexity index is 855. The Hall–Kier alpha value is -2.95. The smallest absolute Gasteiger partial charge is 0.123 e. The maximum absolute atomic E-state index is 13.6. The lowest BCUT2D eigenvalue weighted by atomic mass is 10.1. The first-order chi connectivity index (χ1) is 14.0. The first-order valence-corrected chi connectivity index (χ1v) is 10.1. The summed E-state index contributed by atoms with van der Waals surface area (Å²) in [6.45, 7) is 14.1. The Morgan fingerprint density at radius 2 is 1.76 bits per heavy atom. The van der Waals surface area contributed by atoms with Crippen LogP contribution in [0.5, 0.6) is 5.75 Å². The second-order valence-corrected chi connectivity index (χ2v) is 7.27. The van der Waals surface area contributed by atoms with Gasteiger partial charge in [0, 0.05) is 37.6 Å². The molecule has 3 rings (SSSR count). The molecule has 0 atom stereocenters. The molecule has 0 saturated carbocycles. The van der Waals surface area contributed by atoms with Crippen LogP contribution >= 0.6 is 0 Å². The SMILES string of the molecule is C=C(Nc1ccc(F)cc1CCC)C(=C)N1CCN(c2ccc(OC)cc2)CC1. The van der Waals surface area contributed by atoms with E-state index >= 15 is 0 Å². The largest absolute Gasteiger partial charge is 0.497 e. The van der Waals surface area contributed by atoms with E-state index < -0.39 is 0 Å². The monoisotopic (exact) mass is 395 g/mol. The number of halogens is 1. The normalized spacial score (nSPS) is 13.9. The molecule has 0 amide bonds. The van der Waals surface area contributed by atoms with Crippen LogP contribution in [-0.2, 0) is 6.42 Å². The molecular weight excluding hydrogens is 365 g/mol. The second kappa shape index (κ2) is 9.50. The summed E-state index contributed by atoms with van der Waals surface area (Å²) < 4.78 is 18.8. The predicted octanol–water partition coefficient (Wildman–Crippen LogP) is 5.05. The van der Waals surface area contributed by atoms with Crippen LogP contribution < -0.4 is 15.0 Å². The highest BCUT2D eigenvalue weighted by molar-refractivity contribution is 5.57. The van der Waals surface area contributed by atoms with Gasteiger partial charge in [0.05, 0.1) is 18.5 Å². The van der Waals surface area contributed by atoms with Crippen LogP contribution in [0.1, 0.15) is 18.9 Å². The summed E-state index contributed by atoms with van der Waals surface area (Å²) in [5.41, 5.74) is 4.70. The van der Waals surface area contributed by atoms with Crippen molar-refractivity contribution in [3.05, 3.63) is 78.4 Å². The minimum atomic E-state index is -0.210. The number of piperazine rings is 1. The summed E-state index contributed by atoms with van der Waals surface area (Å²) in [4.78, 5) is 4.61. The molecule has 0 radical (unpaired) electrons. The zero-order valence-corrected chi connectivity index (χ0v) is 17.4. The number of anilines is 2. The summed E-state index contributed by atoms with van der Waals surface area (Å²) in [5, 5.41) is 3.35. The van der Waals surface area contributed by atoms with Crippen molar-refractivity contribution in [2.24, 2.45) is 0 Å². The molecule has 154 valence electrons. The molecule has 29 heavy (non-hydrogen) atoms. The highest BCUT2D eigenvalue weighted by atomic mass is 19.1. The molecule has 0 aromatic heterocycles. The van der Waals surface area contributed by atoms with Gasteiger partial charge < -0.3 is 19.9 Å². The van der Waals surface area contributed by atoms with Gasteiger partial charge in [0.1, 0.15) is 11.6 Å². The van der Waals surface area contributed by atoms with E-state index in [0.717, 1.165) is 67.4 Å². The number of nitrogens with one attached hydrogen (secondary N) is 1. The molecule has 1 aliphatic heterocycles. The standard InChI is InChI=1S/C24H30FN3O/c1-5-6-20-17-21(25)7-12-24(20)26-18(2)19(3)27-13-15-28(16-14-27)22-8-10-23(29-4)11-9-22/h7-12,17,26H,2-3,5-6,13-16H2,1,4H3. The summed E-state index contributed by atoms with van der Waals surface area (Å²) in [6.07, 6.45) is 1.78. The quantitative estimate of drug-likeness (QED) is 0.633. The lowest BCUT2D eigenvalue weighted by molar-refractivity contribution is 0.328. The van der Waals surface area contributed by atoms with Crippen molar-refractivity contribution in [1.82, 2.24) is 4.90 Å². The lowest BCUT2D eigenvalue weighted by Gasteiger charge is -2.38. The van der Waals surface area contributed by atoms with Crippen LogP contribution in [0.4, 0.5) is 15.8 Å². The zero-order valence-electron chi connectivity index (χ0n) is 17.4. The van der Waals surface area contributed by atoms with Gasteiger partial charge in [0.2, 0.25) is 0 Å². The van der Waals surface area contributed by atoms with Gasteiger partial charge in [-0.3, -0.25) is 0 Å². The third-order valence-corrected chi connectivity index (χ3v) is 5.32. The van der Waals surface area contributed by atoms with Gasteiger partial charge >= 0.3 is 0 Å². The van der Waals surface area contributed by atoms with Crippen LogP contribution in [0.25, 0.3) is 0 Å². The van der Waals surface area contributed by atoms with Crippen LogP contribution in [0, 0.1) is 5.82 Å². The fraction of sp³-hybridized carbons (Fsp3) is 0.333. The molecule has 0 aliphatic carbocycles. The van der Waals surface area contributed by atoms with E-state index in [1.807, 2.05) is 12.1 Å². The topological polar surface area (TPSA) is 27.7 Å². The minimum absolute atomic E-state index is 0.210. The fourth-order valence-electron chi connectivity index (χ4n) is 3.61. The first-order valence-electron chi connectivity index (χ1n) is 10.1. The van der Waals surface area contributed by atoms with E-state index in [0.29, 0.717) is 0 Å². The van der Waals surface area contributed by atoms with Crippen LogP contribution in [0.3, 0.4) is 0 Å². The number of rotatable bonds is 8. The minimum Gasteiger partial charge on any atom is -0.497 e. The third-order valence-electron chi connectivity index (χ3n) is 5.32. The van der Waals surface area contributed by atoms with Gasteiger partial charge in [-0.1, -0.05) is 26.5 Å². The molecule has 1 saturated heterocycles. The molecular formula is C24H30FN3O. The summed E-state index contributed by atoms with van der Waals surface area (Å²) in [7, 11) is 1.68. The summed E-state index contributed by atoms with van der Waals surface area (Å²) in [6, 6.07) is 13.0. The molecule has 0 unspecified atom stereocenters. The van der Waals surface area contributed by atoms with Crippen molar-refractivity contribution in [3.8, 4) is 5.75 Å². The molecule has 0 spiro atoms. The molecule has 0 bridgehead atoms. The Morgan fingerprint density at radius 1 is 1.07 bits per heavy atom. The maximum atomic E-state index is 13.6. The number of ether oxygens (including phenoxy) is 1. The molecule has 1 N–H and O–H groups in total. The Kier molecular flexibility index (Phi) is 6.81. The van der Waals surface area contributed by atoms with Crippen LogP contribution in [0.15, 0.2) is 67.0 Å². The van der Waals surface area contributed by atoms with Crippen molar-refractivity contribution < 1.29 is 9.13 Å². The second-order valence-electron chi connectivity index (χ2n) is 7.27. The molecule has 5 heteroatoms. The number of hydrogen-bond acceptors (Lipinski definition) is 4. The highest BCUT2D eigenvalue weighted by Crippen LogP contribution is 2.25. The molecule has 1 heterocycles. The van der Waals surface area contributed by atoms with Crippen molar-refractivity contribution in [2.45, 2.75) is 19.8 Å². The molecule has 1 aliphatic rings. The van der Waals surface area contributed by atoms with E-state index in [2.05, 4.69) is 47.3 Å². The number of nitrogens with zero attached hydrogens (tertiary/aromatic N) is 2. The van der Waals surface area contributed by atoms with Crippen molar-refractivity contribution in [1.29, 1.82) is 0 Å². The highest BCUT2D eigenvalue weighted by Gasteiger charge is 2.20. The van der Waals surface area contributed by atoms with Crippen LogP contribution in [-0.4, -0.2) is 38.2 Å². The van der Waals surface area contributed by atoms with Gasteiger partial charge in [-0.25, -0.2) is 4.39 Å². The van der Waals surface area contributed by atoms with E-state index in [1.54, 1.807) is 19.2 Å². The number of aryl methyl sites for hydroxylation is 1. The van der Waals surface area contributed by atoms with Crippen molar-refractivity contribution in [2.75, 3.05) is 43.5 Å². The predicted molar refractivity (Wildman–Crippen MR) is 119 cm³/mol. The molecule has 1 fully saturated rings. The van der Waals surface area contributed by atoms with Gasteiger partial charge in [-0.2, -0.15) is 0 Å². The van der Waals surface area contributed by atoms with Crippen molar-refractivity contribution >= 4 is 11.4 Å². The van der Waals surface area contributed by atoms with E-state index in [-0.39, 0.29) is 5.82 Å². The summed E-state index contributed by atoms with van der Waals surface area (Å²) in [5.74, 6) is 0.657. The van der Waals surface area contributed by atoms with E-state index in [9.17, 15) is 4.39 Å². The first kappa shape index (κ1) is 20.8. The van der Waals surface area contributed by atoms with Gasteiger partial charge in [0.15, 0.2) is 0 Å². The van der Waals surface area contributed by atoms with Gasteiger partial charge in [-0.15, -0.1) is 0 Å². The fourth-order valence-corrected chi connectivity index (χ4v) is 3.61. The van der Waals surface area contributed by atoms with E-state index in [1.165, 1.54) is 11.8 Å². The summed E-state index contributed by atoms with van der Waals surface area (Å²) >= 11 is 0. The Balaban J connectivity index is 1.58. The Morgan fingerprint density at radius 3 is 2.38 bits per heavy atom. The van der Waals surface area contributed by atoms with E-state index in [4.69, 9.17) is 4.74 Å². The number of hydrogen-bond donors (Lipinski definition) is 1. The number of methoxy groups -OCH3 is 1. The lowest BCUT2D eigenvalue weighted by Crippen LogP contribution is -2.46. The van der Waals surface area contributed by atoms with Crippen LogP contribution in [0.2, 0.25) is 0 Å². The molecule has 2 aromatic carbocycles. The van der Waals surface area contributed by atoms with Gasteiger partial charge in [-0.05, 0) is 54.4 Å². The maximum Gasteiger partial charge on any atom is 0.123 e. The molecule has 2 aromatic rings. The zero-order chi connectivity index (χ0) is 20.8.